The molecule has 18 heavy (non-hydrogen) atoms. The zero-order valence-electron chi connectivity index (χ0n) is 10.1. The van der Waals surface area contributed by atoms with Crippen LogP contribution in [0.5, 0.6) is 0 Å². The van der Waals surface area contributed by atoms with E-state index in [4.69, 9.17) is 5.73 Å². The molecule has 0 fully saturated rings. The Morgan fingerprint density at radius 1 is 1.33 bits per heavy atom. The number of nitrogens with zero attached hydrogens (tertiary/aromatic N) is 1. The average molecular weight is 242 g/mol. The predicted octanol–water partition coefficient (Wildman–Crippen LogP) is 1.18. The molecular weight excluding hydrogens is 228 g/mol. The van der Waals surface area contributed by atoms with E-state index in [0.29, 0.717) is 12.1 Å². The summed E-state index contributed by atoms with van der Waals surface area (Å²) in [7, 11) is 0. The van der Waals surface area contributed by atoms with Crippen LogP contribution < -0.4 is 5.73 Å². The maximum Gasteiger partial charge on any atom is 0.234 e. The van der Waals surface area contributed by atoms with Gasteiger partial charge in [-0.2, -0.15) is 0 Å². The van der Waals surface area contributed by atoms with Gasteiger partial charge in [-0.15, -0.1) is 0 Å². The van der Waals surface area contributed by atoms with Crippen molar-refractivity contribution >= 4 is 17.4 Å². The lowest BCUT2D eigenvalue weighted by atomic mass is 9.91. The molecule has 0 saturated heterocycles. The standard InChI is InChI=1S/C14H14N2O2/c1-9-2-4-10(5-3-9)8-11-13(14(15)18)12(17)6-7-16-11/h2-7,13H,8H2,1H3,(H2,15,18). The second-order valence-electron chi connectivity index (χ2n) is 4.34. The molecule has 0 radical (unpaired) electrons. The SMILES string of the molecule is Cc1ccc(CC2=NC=CC(=O)C2C(N)=O)cc1. The smallest absolute Gasteiger partial charge is 0.234 e. The monoisotopic (exact) mass is 242 g/mol. The summed E-state index contributed by atoms with van der Waals surface area (Å²) in [5.74, 6) is -1.86. The van der Waals surface area contributed by atoms with Gasteiger partial charge >= 0.3 is 0 Å². The molecule has 1 aromatic carbocycles. The molecule has 92 valence electrons. The van der Waals surface area contributed by atoms with E-state index in [0.717, 1.165) is 11.1 Å². The Labute approximate surface area is 105 Å². The van der Waals surface area contributed by atoms with Gasteiger partial charge < -0.3 is 5.73 Å². The van der Waals surface area contributed by atoms with Crippen molar-refractivity contribution in [1.29, 1.82) is 0 Å². The second kappa shape index (κ2) is 4.96. The quantitative estimate of drug-likeness (QED) is 0.808. The van der Waals surface area contributed by atoms with Gasteiger partial charge in [0.2, 0.25) is 5.91 Å². The molecule has 0 bridgehead atoms. The Hall–Kier alpha value is -2.23. The summed E-state index contributed by atoms with van der Waals surface area (Å²) < 4.78 is 0. The summed E-state index contributed by atoms with van der Waals surface area (Å²) in [6.07, 6.45) is 3.17. The fraction of sp³-hybridized carbons (Fsp3) is 0.214. The molecule has 0 aliphatic carbocycles. The molecule has 0 aromatic heterocycles. The summed E-state index contributed by atoms with van der Waals surface area (Å²) in [6, 6.07) is 7.88. The number of hydrogen-bond donors (Lipinski definition) is 1. The Kier molecular flexibility index (Phi) is 3.37. The summed E-state index contributed by atoms with van der Waals surface area (Å²) in [5, 5.41) is 0. The number of carbonyl (C=O) groups is 2. The topological polar surface area (TPSA) is 72.5 Å². The van der Waals surface area contributed by atoms with E-state index in [1.165, 1.54) is 12.3 Å². The highest BCUT2D eigenvalue weighted by atomic mass is 16.2. The van der Waals surface area contributed by atoms with Crippen LogP contribution in [0.3, 0.4) is 0 Å². The van der Waals surface area contributed by atoms with Gasteiger partial charge in [0.05, 0.1) is 0 Å². The van der Waals surface area contributed by atoms with Gasteiger partial charge in [0.25, 0.3) is 0 Å². The predicted molar refractivity (Wildman–Crippen MR) is 69.1 cm³/mol. The lowest BCUT2D eigenvalue weighted by molar-refractivity contribution is -0.126. The summed E-state index contributed by atoms with van der Waals surface area (Å²) in [5.41, 5.74) is 7.93. The number of allylic oxidation sites excluding steroid dienone is 1. The van der Waals surface area contributed by atoms with Crippen molar-refractivity contribution in [1.82, 2.24) is 0 Å². The van der Waals surface area contributed by atoms with Crippen molar-refractivity contribution in [3.05, 3.63) is 47.7 Å². The molecule has 0 spiro atoms. The largest absolute Gasteiger partial charge is 0.369 e. The minimum absolute atomic E-state index is 0.292. The summed E-state index contributed by atoms with van der Waals surface area (Å²) >= 11 is 0. The third-order valence-electron chi connectivity index (χ3n) is 2.89. The van der Waals surface area contributed by atoms with Crippen LogP contribution in [0.25, 0.3) is 0 Å². The van der Waals surface area contributed by atoms with Crippen LogP contribution >= 0.6 is 0 Å². The van der Waals surface area contributed by atoms with Gasteiger partial charge in [-0.1, -0.05) is 29.8 Å². The highest BCUT2D eigenvalue weighted by Gasteiger charge is 2.29. The number of rotatable bonds is 3. The Balaban J connectivity index is 2.23. The molecule has 1 aliphatic heterocycles. The molecule has 1 aliphatic rings. The Morgan fingerprint density at radius 3 is 2.61 bits per heavy atom. The number of carbonyl (C=O) groups excluding carboxylic acids is 2. The lowest BCUT2D eigenvalue weighted by Gasteiger charge is -2.16. The van der Waals surface area contributed by atoms with Crippen molar-refractivity contribution in [3.63, 3.8) is 0 Å². The van der Waals surface area contributed by atoms with Crippen molar-refractivity contribution in [2.75, 3.05) is 0 Å². The second-order valence-corrected chi connectivity index (χ2v) is 4.34. The molecule has 0 saturated carbocycles. The van der Waals surface area contributed by atoms with Gasteiger partial charge in [-0.05, 0) is 12.5 Å². The van der Waals surface area contributed by atoms with E-state index >= 15 is 0 Å². The highest BCUT2D eigenvalue weighted by molar-refractivity contribution is 6.24. The van der Waals surface area contributed by atoms with Gasteiger partial charge in [0.1, 0.15) is 5.92 Å². The van der Waals surface area contributed by atoms with Crippen LogP contribution in [-0.2, 0) is 16.0 Å². The van der Waals surface area contributed by atoms with E-state index in [9.17, 15) is 9.59 Å². The van der Waals surface area contributed by atoms with E-state index in [1.807, 2.05) is 31.2 Å². The van der Waals surface area contributed by atoms with Gasteiger partial charge in [-0.25, -0.2) is 0 Å². The molecule has 1 amide bonds. The maximum absolute atomic E-state index is 11.6. The number of aliphatic imine (C=N–C) groups is 1. The van der Waals surface area contributed by atoms with Crippen molar-refractivity contribution in [2.45, 2.75) is 13.3 Å². The fourth-order valence-electron chi connectivity index (χ4n) is 1.91. The third-order valence-corrected chi connectivity index (χ3v) is 2.89. The molecule has 4 nitrogen and oxygen atoms in total. The van der Waals surface area contributed by atoms with Gasteiger partial charge in [0.15, 0.2) is 5.78 Å². The number of primary amides is 1. The van der Waals surface area contributed by atoms with Gasteiger partial charge in [0, 0.05) is 24.4 Å². The van der Waals surface area contributed by atoms with Gasteiger partial charge in [-0.3, -0.25) is 14.6 Å². The minimum Gasteiger partial charge on any atom is -0.369 e. The lowest BCUT2D eigenvalue weighted by Crippen LogP contribution is -2.38. The van der Waals surface area contributed by atoms with Crippen LogP contribution in [0.15, 0.2) is 41.5 Å². The minimum atomic E-state index is -0.920. The maximum atomic E-state index is 11.6. The molecule has 2 rings (SSSR count). The average Bonchev–Trinajstić information content (AvgIpc) is 2.32. The first-order valence-corrected chi connectivity index (χ1v) is 5.70. The number of nitrogens with two attached hydrogens (primary N) is 1. The zero-order valence-corrected chi connectivity index (χ0v) is 10.1. The normalized spacial score (nSPS) is 18.6. The number of hydrogen-bond acceptors (Lipinski definition) is 3. The molecule has 1 aromatic rings. The first kappa shape index (κ1) is 12.2. The van der Waals surface area contributed by atoms with Crippen LogP contribution in [0.1, 0.15) is 11.1 Å². The molecule has 4 heteroatoms. The third kappa shape index (κ3) is 2.53. The first-order chi connectivity index (χ1) is 8.58. The summed E-state index contributed by atoms with van der Waals surface area (Å²) in [4.78, 5) is 27.0. The Morgan fingerprint density at radius 2 is 2.00 bits per heavy atom. The van der Waals surface area contributed by atoms with Crippen molar-refractivity contribution in [2.24, 2.45) is 16.6 Å². The van der Waals surface area contributed by atoms with Crippen LogP contribution in [0.2, 0.25) is 0 Å². The highest BCUT2D eigenvalue weighted by Crippen LogP contribution is 2.14. The molecule has 1 atom stereocenters. The van der Waals surface area contributed by atoms with E-state index in [-0.39, 0.29) is 5.78 Å². The zero-order chi connectivity index (χ0) is 13.1. The number of ketones is 1. The molecular formula is C14H14N2O2. The van der Waals surface area contributed by atoms with E-state index in [1.54, 1.807) is 0 Å². The summed E-state index contributed by atoms with van der Waals surface area (Å²) in [6.45, 7) is 2.00. The van der Waals surface area contributed by atoms with Crippen LogP contribution in [0, 0.1) is 12.8 Å². The van der Waals surface area contributed by atoms with Crippen molar-refractivity contribution in [3.8, 4) is 0 Å². The van der Waals surface area contributed by atoms with Crippen LogP contribution in [0.4, 0.5) is 0 Å². The Bertz CT molecular complexity index is 541. The molecule has 1 heterocycles. The van der Waals surface area contributed by atoms with Crippen molar-refractivity contribution < 1.29 is 9.59 Å². The first-order valence-electron chi connectivity index (χ1n) is 5.70. The molecule has 1 unspecified atom stereocenters. The fourth-order valence-corrected chi connectivity index (χ4v) is 1.91. The number of benzene rings is 1. The van der Waals surface area contributed by atoms with Crippen LogP contribution in [-0.4, -0.2) is 17.4 Å². The number of aryl methyl sites for hydroxylation is 1. The van der Waals surface area contributed by atoms with E-state index < -0.39 is 11.8 Å². The van der Waals surface area contributed by atoms with E-state index in [2.05, 4.69) is 4.99 Å². The number of amides is 1. The molecule has 2 N–H and O–H groups in total.